The third kappa shape index (κ3) is 4.94. The maximum atomic E-state index is 12.6. The molecule has 0 saturated carbocycles. The van der Waals surface area contributed by atoms with E-state index in [0.29, 0.717) is 5.56 Å². The Kier molecular flexibility index (Phi) is 6.86. The monoisotopic (exact) mass is 392 g/mol. The number of Topliss-reactive ketones (excluding diaryl/α,β-unsaturated/α-hetero) is 1. The maximum Gasteiger partial charge on any atom is 0.251 e. The van der Waals surface area contributed by atoms with Crippen LogP contribution in [0.25, 0.3) is 0 Å². The topological polar surface area (TPSA) is 49.4 Å². The molecule has 3 rings (SSSR count). The van der Waals surface area contributed by atoms with Crippen molar-refractivity contribution < 1.29 is 9.59 Å². The molecule has 0 unspecified atom stereocenters. The SMILES string of the molecule is CC[C@H](C)NC(=O)c1cccc(CN2CCC(C(C)=O)(c3ccccc3)CC2)c1. The first-order valence-electron chi connectivity index (χ1n) is 10.6. The molecule has 1 heterocycles. The number of piperidine rings is 1. The Balaban J connectivity index is 1.66. The summed E-state index contributed by atoms with van der Waals surface area (Å²) < 4.78 is 0. The predicted octanol–water partition coefficient (Wildman–Crippen LogP) is 4.34. The van der Waals surface area contributed by atoms with Crippen LogP contribution in [0.4, 0.5) is 0 Å². The third-order valence-corrected chi connectivity index (χ3v) is 6.30. The van der Waals surface area contributed by atoms with Gasteiger partial charge in [0.1, 0.15) is 5.78 Å². The lowest BCUT2D eigenvalue weighted by Gasteiger charge is -2.40. The van der Waals surface area contributed by atoms with E-state index in [9.17, 15) is 9.59 Å². The first-order valence-corrected chi connectivity index (χ1v) is 10.6. The molecule has 0 aromatic heterocycles. The molecule has 2 aromatic carbocycles. The highest BCUT2D eigenvalue weighted by Gasteiger charge is 2.40. The summed E-state index contributed by atoms with van der Waals surface area (Å²) >= 11 is 0. The summed E-state index contributed by atoms with van der Waals surface area (Å²) in [7, 11) is 0. The number of rotatable bonds is 7. The van der Waals surface area contributed by atoms with E-state index in [1.165, 1.54) is 0 Å². The van der Waals surface area contributed by atoms with Gasteiger partial charge >= 0.3 is 0 Å². The number of likely N-dealkylation sites (tertiary alicyclic amines) is 1. The smallest absolute Gasteiger partial charge is 0.251 e. The van der Waals surface area contributed by atoms with Gasteiger partial charge in [-0.2, -0.15) is 0 Å². The highest BCUT2D eigenvalue weighted by Crippen LogP contribution is 2.36. The van der Waals surface area contributed by atoms with Gasteiger partial charge in [0.15, 0.2) is 0 Å². The summed E-state index contributed by atoms with van der Waals surface area (Å²) in [5.74, 6) is 0.242. The van der Waals surface area contributed by atoms with Crippen molar-refractivity contribution in [2.75, 3.05) is 13.1 Å². The van der Waals surface area contributed by atoms with Gasteiger partial charge in [-0.3, -0.25) is 14.5 Å². The van der Waals surface area contributed by atoms with Gasteiger partial charge < -0.3 is 5.32 Å². The van der Waals surface area contributed by atoms with E-state index >= 15 is 0 Å². The normalized spacial score (nSPS) is 17.5. The lowest BCUT2D eigenvalue weighted by molar-refractivity contribution is -0.124. The zero-order valence-corrected chi connectivity index (χ0v) is 17.8. The van der Waals surface area contributed by atoms with Crippen molar-refractivity contribution in [2.45, 2.75) is 58.0 Å². The Hall–Kier alpha value is -2.46. The molecule has 4 nitrogen and oxygen atoms in total. The largest absolute Gasteiger partial charge is 0.350 e. The molecule has 1 N–H and O–H groups in total. The molecule has 1 amide bonds. The standard InChI is InChI=1S/C25H32N2O2/c1-4-19(2)26-24(29)22-10-8-9-21(17-22)18-27-15-13-25(14-16-27,20(3)28)23-11-6-5-7-12-23/h5-12,17,19H,4,13-16,18H2,1-3H3,(H,26,29)/t19-/m0/s1. The zero-order chi connectivity index (χ0) is 20.9. The Morgan fingerprint density at radius 3 is 2.38 bits per heavy atom. The Bertz CT molecular complexity index is 839. The van der Waals surface area contributed by atoms with Gasteiger partial charge in [0.05, 0.1) is 5.41 Å². The second kappa shape index (κ2) is 9.36. The van der Waals surface area contributed by atoms with Gasteiger partial charge in [-0.05, 0) is 69.5 Å². The summed E-state index contributed by atoms with van der Waals surface area (Å²) in [6, 6.07) is 18.2. The summed E-state index contributed by atoms with van der Waals surface area (Å²) in [5.41, 5.74) is 2.62. The fourth-order valence-electron chi connectivity index (χ4n) is 4.17. The van der Waals surface area contributed by atoms with Gasteiger partial charge in [0.2, 0.25) is 0 Å². The zero-order valence-electron chi connectivity index (χ0n) is 17.8. The van der Waals surface area contributed by atoms with Crippen LogP contribution >= 0.6 is 0 Å². The quantitative estimate of drug-likeness (QED) is 0.763. The molecule has 154 valence electrons. The Labute approximate surface area is 174 Å². The molecule has 1 saturated heterocycles. The van der Waals surface area contributed by atoms with Crippen molar-refractivity contribution in [3.05, 3.63) is 71.3 Å². The minimum atomic E-state index is -0.365. The number of amides is 1. The molecule has 4 heteroatoms. The van der Waals surface area contributed by atoms with Gasteiger partial charge in [-0.15, -0.1) is 0 Å². The summed E-state index contributed by atoms with van der Waals surface area (Å²) in [5, 5.41) is 3.03. The van der Waals surface area contributed by atoms with E-state index in [1.807, 2.05) is 43.3 Å². The van der Waals surface area contributed by atoms with E-state index in [1.54, 1.807) is 6.92 Å². The van der Waals surface area contributed by atoms with Gasteiger partial charge in [-0.25, -0.2) is 0 Å². The van der Waals surface area contributed by atoms with Crippen LogP contribution in [0.5, 0.6) is 0 Å². The third-order valence-electron chi connectivity index (χ3n) is 6.30. The maximum absolute atomic E-state index is 12.6. The average Bonchev–Trinajstić information content (AvgIpc) is 2.75. The molecule has 0 bridgehead atoms. The number of benzene rings is 2. The predicted molar refractivity (Wildman–Crippen MR) is 117 cm³/mol. The number of hydrogen-bond acceptors (Lipinski definition) is 3. The molecule has 1 aliphatic heterocycles. The van der Waals surface area contributed by atoms with Crippen LogP contribution in [-0.2, 0) is 16.8 Å². The molecule has 1 aliphatic rings. The van der Waals surface area contributed by atoms with Crippen molar-refractivity contribution in [3.63, 3.8) is 0 Å². The van der Waals surface area contributed by atoms with Crippen LogP contribution in [0.1, 0.15) is 61.5 Å². The second-order valence-electron chi connectivity index (χ2n) is 8.26. The van der Waals surface area contributed by atoms with Crippen molar-refractivity contribution in [3.8, 4) is 0 Å². The van der Waals surface area contributed by atoms with Crippen molar-refractivity contribution in [1.82, 2.24) is 10.2 Å². The number of carbonyl (C=O) groups is 2. The van der Waals surface area contributed by atoms with E-state index in [2.05, 4.69) is 35.3 Å². The van der Waals surface area contributed by atoms with Crippen LogP contribution in [-0.4, -0.2) is 35.7 Å². The summed E-state index contributed by atoms with van der Waals surface area (Å²) in [4.78, 5) is 27.4. The first kappa shape index (κ1) is 21.3. The van der Waals surface area contributed by atoms with Crippen LogP contribution in [0.3, 0.4) is 0 Å². The van der Waals surface area contributed by atoms with E-state index in [0.717, 1.165) is 50.0 Å². The van der Waals surface area contributed by atoms with Crippen LogP contribution in [0, 0.1) is 0 Å². The Morgan fingerprint density at radius 1 is 1.07 bits per heavy atom. The number of nitrogens with one attached hydrogen (secondary N) is 1. The van der Waals surface area contributed by atoms with E-state index in [4.69, 9.17) is 0 Å². The molecule has 2 aromatic rings. The fraction of sp³-hybridized carbons (Fsp3) is 0.440. The average molecular weight is 393 g/mol. The summed E-state index contributed by atoms with van der Waals surface area (Å²) in [6.45, 7) is 8.35. The van der Waals surface area contributed by atoms with Gasteiger partial charge in [0.25, 0.3) is 5.91 Å². The lowest BCUT2D eigenvalue weighted by Crippen LogP contribution is -2.46. The first-order chi connectivity index (χ1) is 13.9. The van der Waals surface area contributed by atoms with Crippen molar-refractivity contribution in [1.29, 1.82) is 0 Å². The molecule has 0 spiro atoms. The van der Waals surface area contributed by atoms with Crippen molar-refractivity contribution >= 4 is 11.7 Å². The fourth-order valence-corrected chi connectivity index (χ4v) is 4.17. The molecular weight excluding hydrogens is 360 g/mol. The van der Waals surface area contributed by atoms with Gasteiger partial charge in [-0.1, -0.05) is 49.4 Å². The molecular formula is C25H32N2O2. The lowest BCUT2D eigenvalue weighted by atomic mass is 9.70. The van der Waals surface area contributed by atoms with E-state index in [-0.39, 0.29) is 23.1 Å². The number of nitrogens with zero attached hydrogens (tertiary/aromatic N) is 1. The minimum Gasteiger partial charge on any atom is -0.350 e. The highest BCUT2D eigenvalue weighted by atomic mass is 16.1. The molecule has 0 radical (unpaired) electrons. The molecule has 29 heavy (non-hydrogen) atoms. The van der Waals surface area contributed by atoms with Gasteiger partial charge in [0, 0.05) is 18.2 Å². The number of hydrogen-bond donors (Lipinski definition) is 1. The van der Waals surface area contributed by atoms with Crippen LogP contribution < -0.4 is 5.32 Å². The Morgan fingerprint density at radius 2 is 1.76 bits per heavy atom. The van der Waals surface area contributed by atoms with Crippen LogP contribution in [0.2, 0.25) is 0 Å². The number of ketones is 1. The van der Waals surface area contributed by atoms with E-state index < -0.39 is 0 Å². The summed E-state index contributed by atoms with van der Waals surface area (Å²) in [6.07, 6.45) is 2.58. The highest BCUT2D eigenvalue weighted by molar-refractivity contribution is 5.94. The molecule has 1 atom stereocenters. The van der Waals surface area contributed by atoms with Crippen molar-refractivity contribution in [2.24, 2.45) is 0 Å². The second-order valence-corrected chi connectivity index (χ2v) is 8.26. The minimum absolute atomic E-state index is 0.0143. The molecule has 0 aliphatic carbocycles. The number of carbonyl (C=O) groups excluding carboxylic acids is 2. The molecule has 1 fully saturated rings. The van der Waals surface area contributed by atoms with Crippen LogP contribution in [0.15, 0.2) is 54.6 Å².